The second-order valence-electron chi connectivity index (χ2n) is 6.10. The van der Waals surface area contributed by atoms with Gasteiger partial charge >= 0.3 is 0 Å². The van der Waals surface area contributed by atoms with Crippen LogP contribution in [-0.2, 0) is 18.4 Å². The summed E-state index contributed by atoms with van der Waals surface area (Å²) in [6, 6.07) is 6.19. The Morgan fingerprint density at radius 3 is 2.55 bits per heavy atom. The van der Waals surface area contributed by atoms with Gasteiger partial charge in [0.15, 0.2) is 0 Å². The van der Waals surface area contributed by atoms with Crippen LogP contribution >= 0.6 is 11.6 Å². The number of carbonyl (C=O) groups excluding carboxylic acids is 1. The van der Waals surface area contributed by atoms with E-state index in [2.05, 4.69) is 22.0 Å². The van der Waals surface area contributed by atoms with Crippen LogP contribution in [0.15, 0.2) is 18.2 Å². The number of aryl methyl sites for hydroxylation is 2. The molecular weight excluding hydrogens is 296 g/mol. The Hall–Kier alpha value is -1.48. The van der Waals surface area contributed by atoms with Crippen molar-refractivity contribution in [2.24, 2.45) is 12.5 Å². The maximum Gasteiger partial charge on any atom is 0.226 e. The zero-order valence-corrected chi connectivity index (χ0v) is 14.8. The Balaban J connectivity index is 0.000000847. The number of hydrogen-bond donors (Lipinski definition) is 1. The summed E-state index contributed by atoms with van der Waals surface area (Å²) in [7, 11) is 2.01. The minimum Gasteiger partial charge on any atom is -0.350 e. The third-order valence-electron chi connectivity index (χ3n) is 4.40. The van der Waals surface area contributed by atoms with Crippen molar-refractivity contribution in [2.45, 2.75) is 47.1 Å². The first-order chi connectivity index (χ1) is 10.4. The smallest absolute Gasteiger partial charge is 0.226 e. The molecular formula is C18H25ClN2O. The summed E-state index contributed by atoms with van der Waals surface area (Å²) in [4.78, 5) is 12.0. The predicted octanol–water partition coefficient (Wildman–Crippen LogP) is 4.58. The van der Waals surface area contributed by atoms with E-state index in [-0.39, 0.29) is 11.3 Å². The maximum absolute atomic E-state index is 12.0. The number of nitrogens with zero attached hydrogens (tertiary/aromatic N) is 1. The third kappa shape index (κ3) is 3.14. The normalized spacial score (nSPS) is 15.2. The van der Waals surface area contributed by atoms with Crippen molar-refractivity contribution in [1.82, 2.24) is 9.88 Å². The number of fused-ring (bicyclic) bond motifs is 1. The van der Waals surface area contributed by atoms with Crippen LogP contribution in [0.4, 0.5) is 0 Å². The van der Waals surface area contributed by atoms with Gasteiger partial charge in [-0.3, -0.25) is 4.79 Å². The summed E-state index contributed by atoms with van der Waals surface area (Å²) in [5.74, 6) is 0.164. The molecule has 3 nitrogen and oxygen atoms in total. The Morgan fingerprint density at radius 1 is 1.32 bits per heavy atom. The Bertz CT molecular complexity index is 699. The average molecular weight is 321 g/mol. The van der Waals surface area contributed by atoms with E-state index < -0.39 is 0 Å². The summed E-state index contributed by atoms with van der Waals surface area (Å²) in [6.45, 7) is 8.59. The van der Waals surface area contributed by atoms with Crippen molar-refractivity contribution in [2.75, 3.05) is 0 Å². The number of benzene rings is 1. The molecule has 0 bridgehead atoms. The standard InChI is InChI=1S/C16H19ClN2O.C2H6/c1-10-6-11-7-12(19(3)14(11)8-13(10)17)9-18-15(20)16(2)4-5-16;1-2/h6-8H,4-5,9H2,1-3H3,(H,18,20);1-2H3. The molecule has 1 aliphatic carbocycles. The molecule has 22 heavy (non-hydrogen) atoms. The van der Waals surface area contributed by atoms with Crippen molar-refractivity contribution < 1.29 is 4.79 Å². The van der Waals surface area contributed by atoms with Gasteiger partial charge in [-0.1, -0.05) is 32.4 Å². The molecule has 2 aromatic rings. The van der Waals surface area contributed by atoms with Crippen LogP contribution in [-0.4, -0.2) is 10.5 Å². The molecule has 1 aliphatic rings. The molecule has 4 heteroatoms. The van der Waals surface area contributed by atoms with E-state index in [9.17, 15) is 4.79 Å². The summed E-state index contributed by atoms with van der Waals surface area (Å²) < 4.78 is 2.09. The van der Waals surface area contributed by atoms with Crippen LogP contribution < -0.4 is 5.32 Å². The zero-order valence-electron chi connectivity index (χ0n) is 14.1. The first-order valence-electron chi connectivity index (χ1n) is 7.93. The van der Waals surface area contributed by atoms with E-state index in [0.29, 0.717) is 6.54 Å². The molecule has 1 heterocycles. The number of nitrogens with one attached hydrogen (secondary N) is 1. The first-order valence-corrected chi connectivity index (χ1v) is 8.31. The van der Waals surface area contributed by atoms with Crippen molar-refractivity contribution >= 4 is 28.4 Å². The minimum absolute atomic E-state index is 0.121. The highest BCUT2D eigenvalue weighted by Gasteiger charge is 2.44. The van der Waals surface area contributed by atoms with E-state index in [1.165, 1.54) is 0 Å². The van der Waals surface area contributed by atoms with Gasteiger partial charge < -0.3 is 9.88 Å². The lowest BCUT2D eigenvalue weighted by Crippen LogP contribution is -2.30. The quantitative estimate of drug-likeness (QED) is 0.882. The minimum atomic E-state index is -0.121. The largest absolute Gasteiger partial charge is 0.350 e. The van der Waals surface area contributed by atoms with Crippen molar-refractivity contribution in [1.29, 1.82) is 0 Å². The third-order valence-corrected chi connectivity index (χ3v) is 4.81. The van der Waals surface area contributed by atoms with Gasteiger partial charge in [0.2, 0.25) is 5.91 Å². The lowest BCUT2D eigenvalue weighted by atomic mass is 10.1. The summed E-state index contributed by atoms with van der Waals surface area (Å²) >= 11 is 6.18. The highest BCUT2D eigenvalue weighted by atomic mass is 35.5. The molecule has 120 valence electrons. The van der Waals surface area contributed by atoms with Crippen LogP contribution in [0.25, 0.3) is 10.9 Å². The summed E-state index contributed by atoms with van der Waals surface area (Å²) in [6.07, 6.45) is 2.01. The van der Waals surface area contributed by atoms with Crippen molar-refractivity contribution in [3.8, 4) is 0 Å². The molecule has 1 fully saturated rings. The van der Waals surface area contributed by atoms with Gasteiger partial charge in [-0.15, -0.1) is 0 Å². The molecule has 0 aliphatic heterocycles. The molecule has 1 saturated carbocycles. The Morgan fingerprint density at radius 2 is 1.95 bits per heavy atom. The van der Waals surface area contributed by atoms with Gasteiger partial charge in [-0.05, 0) is 43.5 Å². The first kappa shape index (κ1) is 16.9. The van der Waals surface area contributed by atoms with Crippen molar-refractivity contribution in [3.05, 3.63) is 34.5 Å². The number of carbonyl (C=O) groups is 1. The van der Waals surface area contributed by atoms with Gasteiger partial charge in [-0.25, -0.2) is 0 Å². The van der Waals surface area contributed by atoms with Crippen LogP contribution in [0.2, 0.25) is 5.02 Å². The zero-order chi connectivity index (χ0) is 16.5. The molecule has 1 amide bonds. The Kier molecular flexibility index (Phi) is 4.86. The van der Waals surface area contributed by atoms with Crippen LogP contribution in [0, 0.1) is 12.3 Å². The molecule has 0 unspecified atom stereocenters. The number of halogens is 1. The molecule has 1 aromatic heterocycles. The number of hydrogen-bond acceptors (Lipinski definition) is 1. The lowest BCUT2D eigenvalue weighted by molar-refractivity contribution is -0.125. The van der Waals surface area contributed by atoms with Gasteiger partial charge in [0, 0.05) is 34.1 Å². The van der Waals surface area contributed by atoms with Gasteiger partial charge in [-0.2, -0.15) is 0 Å². The second kappa shape index (κ2) is 6.33. The van der Waals surface area contributed by atoms with Crippen LogP contribution in [0.3, 0.4) is 0 Å². The van der Waals surface area contributed by atoms with Gasteiger partial charge in [0.05, 0.1) is 6.54 Å². The molecule has 0 saturated heterocycles. The van der Waals surface area contributed by atoms with E-state index in [1.54, 1.807) is 0 Å². The van der Waals surface area contributed by atoms with E-state index in [1.807, 2.05) is 40.8 Å². The van der Waals surface area contributed by atoms with E-state index >= 15 is 0 Å². The SMILES string of the molecule is CC.Cc1cc2cc(CNC(=O)C3(C)CC3)n(C)c2cc1Cl. The fourth-order valence-corrected chi connectivity index (χ4v) is 2.66. The molecule has 1 aromatic carbocycles. The van der Waals surface area contributed by atoms with Crippen LogP contribution in [0.1, 0.15) is 44.9 Å². The monoisotopic (exact) mass is 320 g/mol. The average Bonchev–Trinajstić information content (AvgIpc) is 3.19. The summed E-state index contributed by atoms with van der Waals surface area (Å²) in [5, 5.41) is 4.98. The fourth-order valence-electron chi connectivity index (χ4n) is 2.50. The maximum atomic E-state index is 12.0. The van der Waals surface area contributed by atoms with E-state index in [0.717, 1.165) is 40.0 Å². The lowest BCUT2D eigenvalue weighted by Gasteiger charge is -2.10. The topological polar surface area (TPSA) is 34.0 Å². The van der Waals surface area contributed by atoms with Gasteiger partial charge in [0.25, 0.3) is 0 Å². The predicted molar refractivity (Wildman–Crippen MR) is 93.2 cm³/mol. The summed E-state index contributed by atoms with van der Waals surface area (Å²) in [5.41, 5.74) is 3.15. The number of rotatable bonds is 3. The second-order valence-corrected chi connectivity index (χ2v) is 6.51. The van der Waals surface area contributed by atoms with Crippen LogP contribution in [0.5, 0.6) is 0 Å². The molecule has 3 rings (SSSR count). The Labute approximate surface area is 137 Å². The highest BCUT2D eigenvalue weighted by Crippen LogP contribution is 2.45. The molecule has 1 N–H and O–H groups in total. The van der Waals surface area contributed by atoms with E-state index in [4.69, 9.17) is 11.6 Å². The number of amides is 1. The van der Waals surface area contributed by atoms with Gasteiger partial charge in [0.1, 0.15) is 0 Å². The molecule has 0 radical (unpaired) electrons. The molecule has 0 spiro atoms. The number of aromatic nitrogens is 1. The van der Waals surface area contributed by atoms with Crippen molar-refractivity contribution in [3.63, 3.8) is 0 Å². The molecule has 0 atom stereocenters. The fraction of sp³-hybridized carbons (Fsp3) is 0.500. The highest BCUT2D eigenvalue weighted by molar-refractivity contribution is 6.32.